The smallest absolute Gasteiger partial charge is 0.149 e. The van der Waals surface area contributed by atoms with E-state index in [9.17, 15) is 0 Å². The molecule has 0 bridgehead atoms. The first-order chi connectivity index (χ1) is 8.19. The third kappa shape index (κ3) is 3.35. The molecule has 3 nitrogen and oxygen atoms in total. The van der Waals surface area contributed by atoms with Crippen LogP contribution in [0.25, 0.3) is 0 Å². The van der Waals surface area contributed by atoms with Gasteiger partial charge in [-0.15, -0.1) is 0 Å². The van der Waals surface area contributed by atoms with Crippen LogP contribution < -0.4 is 11.1 Å². The quantitative estimate of drug-likeness (QED) is 0.892. The predicted octanol–water partition coefficient (Wildman–Crippen LogP) is 3.81. The lowest BCUT2D eigenvalue weighted by molar-refractivity contribution is 0.330. The fraction of sp³-hybridized carbons (Fsp3) is 0.615. The number of halogens is 1. The van der Waals surface area contributed by atoms with Gasteiger partial charge in [-0.2, -0.15) is 0 Å². The van der Waals surface area contributed by atoms with Gasteiger partial charge in [-0.25, -0.2) is 4.98 Å². The molecular formula is C13H20BrN3. The number of nitrogens with two attached hydrogens (primary N) is 1. The summed E-state index contributed by atoms with van der Waals surface area (Å²) in [5, 5.41) is 3.46. The predicted molar refractivity (Wildman–Crippen MR) is 76.0 cm³/mol. The normalized spacial score (nSPS) is 24.6. The Kier molecular flexibility index (Phi) is 4.26. The molecule has 0 spiro atoms. The zero-order valence-electron chi connectivity index (χ0n) is 10.2. The average Bonchev–Trinajstić information content (AvgIpc) is 2.34. The van der Waals surface area contributed by atoms with E-state index < -0.39 is 0 Å². The summed E-state index contributed by atoms with van der Waals surface area (Å²) in [6.07, 6.45) is 8.21. The molecule has 1 aromatic heterocycles. The first-order valence-corrected chi connectivity index (χ1v) is 7.16. The fourth-order valence-electron chi connectivity index (χ4n) is 2.48. The number of hydrogen-bond donors (Lipinski definition) is 2. The van der Waals surface area contributed by atoms with Crippen LogP contribution in [-0.2, 0) is 0 Å². The van der Waals surface area contributed by atoms with Gasteiger partial charge in [-0.1, -0.05) is 13.3 Å². The topological polar surface area (TPSA) is 50.9 Å². The first kappa shape index (κ1) is 12.7. The lowest BCUT2D eigenvalue weighted by Gasteiger charge is -2.29. The van der Waals surface area contributed by atoms with Crippen molar-refractivity contribution in [2.75, 3.05) is 11.1 Å². The third-order valence-electron chi connectivity index (χ3n) is 3.65. The largest absolute Gasteiger partial charge is 0.396 e. The Morgan fingerprint density at radius 1 is 1.41 bits per heavy atom. The number of rotatable bonds is 3. The second-order valence-electron chi connectivity index (χ2n) is 4.86. The van der Waals surface area contributed by atoms with Crippen LogP contribution in [0.4, 0.5) is 11.5 Å². The lowest BCUT2D eigenvalue weighted by atomic mass is 9.84. The molecule has 3 N–H and O–H groups in total. The molecule has 1 saturated carbocycles. The molecule has 0 atom stereocenters. The van der Waals surface area contributed by atoms with Gasteiger partial charge in [0.2, 0.25) is 0 Å². The van der Waals surface area contributed by atoms with Crippen molar-refractivity contribution in [1.82, 2.24) is 4.98 Å². The molecule has 1 heterocycles. The molecule has 17 heavy (non-hydrogen) atoms. The van der Waals surface area contributed by atoms with Crippen molar-refractivity contribution in [3.63, 3.8) is 0 Å². The van der Waals surface area contributed by atoms with Crippen LogP contribution in [0.2, 0.25) is 0 Å². The second-order valence-corrected chi connectivity index (χ2v) is 5.78. The molecule has 4 heteroatoms. The third-order valence-corrected chi connectivity index (χ3v) is 4.08. The molecular weight excluding hydrogens is 278 g/mol. The molecule has 0 aromatic carbocycles. The van der Waals surface area contributed by atoms with E-state index in [1.165, 1.54) is 32.1 Å². The van der Waals surface area contributed by atoms with Gasteiger partial charge in [0.15, 0.2) is 0 Å². The molecule has 1 aliphatic rings. The Hall–Kier alpha value is -0.770. The Balaban J connectivity index is 1.93. The van der Waals surface area contributed by atoms with Crippen molar-refractivity contribution in [2.45, 2.75) is 45.1 Å². The summed E-state index contributed by atoms with van der Waals surface area (Å²) in [6, 6.07) is 2.43. The Morgan fingerprint density at radius 3 is 2.71 bits per heavy atom. The van der Waals surface area contributed by atoms with E-state index >= 15 is 0 Å². The average molecular weight is 298 g/mol. The van der Waals surface area contributed by atoms with Crippen molar-refractivity contribution >= 4 is 27.4 Å². The maximum atomic E-state index is 5.94. The van der Waals surface area contributed by atoms with E-state index in [1.54, 1.807) is 6.20 Å². The van der Waals surface area contributed by atoms with E-state index in [1.807, 2.05) is 6.07 Å². The first-order valence-electron chi connectivity index (χ1n) is 6.36. The van der Waals surface area contributed by atoms with Crippen LogP contribution in [0.15, 0.2) is 16.7 Å². The molecule has 0 radical (unpaired) electrons. The molecule has 2 rings (SSSR count). The highest BCUT2D eigenvalue weighted by Gasteiger charge is 2.20. The summed E-state index contributed by atoms with van der Waals surface area (Å²) in [5.41, 5.74) is 6.66. The van der Waals surface area contributed by atoms with E-state index in [-0.39, 0.29) is 0 Å². The summed E-state index contributed by atoms with van der Waals surface area (Å²) in [5.74, 6) is 1.75. The number of nitrogens with zero attached hydrogens (tertiary/aromatic N) is 1. The Labute approximate surface area is 111 Å². The van der Waals surface area contributed by atoms with Gasteiger partial charge in [0.25, 0.3) is 0 Å². The maximum absolute atomic E-state index is 5.94. The van der Waals surface area contributed by atoms with Crippen LogP contribution in [0.1, 0.15) is 39.0 Å². The van der Waals surface area contributed by atoms with Gasteiger partial charge >= 0.3 is 0 Å². The van der Waals surface area contributed by atoms with Crippen LogP contribution in [0.3, 0.4) is 0 Å². The summed E-state index contributed by atoms with van der Waals surface area (Å²) in [6.45, 7) is 2.28. The molecule has 0 unspecified atom stereocenters. The summed E-state index contributed by atoms with van der Waals surface area (Å²) in [4.78, 5) is 4.33. The molecule has 0 aliphatic heterocycles. The van der Waals surface area contributed by atoms with Crippen molar-refractivity contribution in [3.05, 3.63) is 16.7 Å². The van der Waals surface area contributed by atoms with Crippen LogP contribution in [0.5, 0.6) is 0 Å². The number of pyridine rings is 1. The zero-order chi connectivity index (χ0) is 12.3. The van der Waals surface area contributed by atoms with E-state index in [0.717, 1.165) is 21.9 Å². The second kappa shape index (κ2) is 5.71. The standard InChI is InChI=1S/C13H20BrN3/c1-2-9-3-5-11(6-4-9)17-13-12(15)7-10(14)8-16-13/h7-9,11H,2-6,15H2,1H3,(H,16,17). The van der Waals surface area contributed by atoms with Gasteiger partial charge in [-0.3, -0.25) is 0 Å². The Morgan fingerprint density at radius 2 is 2.12 bits per heavy atom. The minimum absolute atomic E-state index is 0.536. The number of nitrogens with one attached hydrogen (secondary N) is 1. The van der Waals surface area contributed by atoms with E-state index in [2.05, 4.69) is 33.2 Å². The fourth-order valence-corrected chi connectivity index (χ4v) is 2.83. The summed E-state index contributed by atoms with van der Waals surface area (Å²) < 4.78 is 0.926. The van der Waals surface area contributed by atoms with Gasteiger partial charge in [0.1, 0.15) is 5.82 Å². The Bertz CT molecular complexity index is 373. The van der Waals surface area contributed by atoms with Gasteiger partial charge in [0, 0.05) is 16.7 Å². The zero-order valence-corrected chi connectivity index (χ0v) is 11.8. The summed E-state index contributed by atoms with van der Waals surface area (Å²) >= 11 is 3.37. The van der Waals surface area contributed by atoms with Crippen LogP contribution in [0, 0.1) is 5.92 Å². The highest BCUT2D eigenvalue weighted by molar-refractivity contribution is 9.10. The van der Waals surface area contributed by atoms with Crippen molar-refractivity contribution in [1.29, 1.82) is 0 Å². The molecule has 0 saturated heterocycles. The van der Waals surface area contributed by atoms with Gasteiger partial charge in [-0.05, 0) is 53.6 Å². The number of nitrogen functional groups attached to an aromatic ring is 1. The van der Waals surface area contributed by atoms with Crippen molar-refractivity contribution in [3.8, 4) is 0 Å². The van der Waals surface area contributed by atoms with Crippen LogP contribution in [-0.4, -0.2) is 11.0 Å². The molecule has 0 amide bonds. The lowest BCUT2D eigenvalue weighted by Crippen LogP contribution is -2.26. The molecule has 1 aliphatic carbocycles. The summed E-state index contributed by atoms with van der Waals surface area (Å²) in [7, 11) is 0. The monoisotopic (exact) mass is 297 g/mol. The number of anilines is 2. The molecule has 1 fully saturated rings. The SMILES string of the molecule is CCC1CCC(Nc2ncc(Br)cc2N)CC1. The molecule has 94 valence electrons. The highest BCUT2D eigenvalue weighted by atomic mass is 79.9. The van der Waals surface area contributed by atoms with Gasteiger partial charge < -0.3 is 11.1 Å². The van der Waals surface area contributed by atoms with E-state index in [4.69, 9.17) is 5.73 Å². The van der Waals surface area contributed by atoms with Gasteiger partial charge in [0.05, 0.1) is 5.69 Å². The highest BCUT2D eigenvalue weighted by Crippen LogP contribution is 2.29. The van der Waals surface area contributed by atoms with Crippen molar-refractivity contribution < 1.29 is 0 Å². The minimum atomic E-state index is 0.536. The minimum Gasteiger partial charge on any atom is -0.396 e. The molecule has 1 aromatic rings. The maximum Gasteiger partial charge on any atom is 0.149 e. The van der Waals surface area contributed by atoms with Crippen molar-refractivity contribution in [2.24, 2.45) is 5.92 Å². The number of hydrogen-bond acceptors (Lipinski definition) is 3. The van der Waals surface area contributed by atoms with E-state index in [0.29, 0.717) is 6.04 Å². The van der Waals surface area contributed by atoms with Crippen LogP contribution >= 0.6 is 15.9 Å². The number of aromatic nitrogens is 1.